The summed E-state index contributed by atoms with van der Waals surface area (Å²) in [6.07, 6.45) is 9.04. The molecule has 114 valence electrons. The number of nitrogens with zero attached hydrogens (tertiary/aromatic N) is 2. The molecule has 1 fully saturated rings. The fraction of sp³-hybridized carbons (Fsp3) is 0.350. The van der Waals surface area contributed by atoms with Gasteiger partial charge in [-0.1, -0.05) is 19.1 Å². The van der Waals surface area contributed by atoms with Crippen LogP contribution < -0.4 is 9.47 Å². The number of rotatable bonds is 3. The molecule has 2 heteroatoms. The lowest BCUT2D eigenvalue weighted by Crippen LogP contribution is -2.32. The molecular formula is C20H25N2+. The molecule has 0 saturated carbocycles. The molecule has 0 N–H and O–H groups in total. The standard InChI is InChI=1S/C20H25N2/c1-17-12-15-22(16-13-17)20-10-7-18(8-11-20)6-9-19-5-3-4-14-21(19)2/h3-11,14,17H,12-13,15-16H2,1-2H3/q+1. The van der Waals surface area contributed by atoms with Crippen molar-refractivity contribution in [3.05, 3.63) is 59.9 Å². The number of benzene rings is 1. The minimum absolute atomic E-state index is 0.880. The minimum Gasteiger partial charge on any atom is -0.372 e. The highest BCUT2D eigenvalue weighted by Gasteiger charge is 2.15. The van der Waals surface area contributed by atoms with Crippen LogP contribution in [0.3, 0.4) is 0 Å². The van der Waals surface area contributed by atoms with Gasteiger partial charge in [-0.2, -0.15) is 0 Å². The molecule has 3 rings (SSSR count). The summed E-state index contributed by atoms with van der Waals surface area (Å²) in [5, 5.41) is 0. The largest absolute Gasteiger partial charge is 0.372 e. The molecule has 0 spiro atoms. The number of hydrogen-bond acceptors (Lipinski definition) is 1. The van der Waals surface area contributed by atoms with Crippen LogP contribution in [0.4, 0.5) is 5.69 Å². The number of pyridine rings is 1. The van der Waals surface area contributed by atoms with E-state index in [-0.39, 0.29) is 0 Å². The number of hydrogen-bond donors (Lipinski definition) is 0. The first-order valence-electron chi connectivity index (χ1n) is 8.20. The third-order valence-corrected chi connectivity index (χ3v) is 4.58. The predicted octanol–water partition coefficient (Wildman–Crippen LogP) is 3.92. The van der Waals surface area contributed by atoms with Gasteiger partial charge in [-0.05, 0) is 48.6 Å². The lowest BCUT2D eigenvalue weighted by Gasteiger charge is -2.32. The normalized spacial score (nSPS) is 16.4. The van der Waals surface area contributed by atoms with E-state index >= 15 is 0 Å². The van der Waals surface area contributed by atoms with Crippen molar-refractivity contribution >= 4 is 17.8 Å². The summed E-state index contributed by atoms with van der Waals surface area (Å²) >= 11 is 0. The Hall–Kier alpha value is -2.09. The third-order valence-electron chi connectivity index (χ3n) is 4.58. The van der Waals surface area contributed by atoms with Crippen LogP contribution in [0.2, 0.25) is 0 Å². The molecule has 2 nitrogen and oxygen atoms in total. The Bertz CT molecular complexity index is 635. The number of anilines is 1. The smallest absolute Gasteiger partial charge is 0.204 e. The first-order valence-corrected chi connectivity index (χ1v) is 8.20. The van der Waals surface area contributed by atoms with Crippen molar-refractivity contribution in [3.63, 3.8) is 0 Å². The maximum Gasteiger partial charge on any atom is 0.204 e. The van der Waals surface area contributed by atoms with Crippen molar-refractivity contribution < 1.29 is 4.57 Å². The highest BCUT2D eigenvalue weighted by atomic mass is 15.1. The summed E-state index contributed by atoms with van der Waals surface area (Å²) in [6.45, 7) is 4.74. The molecule has 1 aliphatic heterocycles. The van der Waals surface area contributed by atoms with Crippen LogP contribution >= 0.6 is 0 Å². The highest BCUT2D eigenvalue weighted by Crippen LogP contribution is 2.23. The zero-order valence-electron chi connectivity index (χ0n) is 13.6. The van der Waals surface area contributed by atoms with E-state index < -0.39 is 0 Å². The quantitative estimate of drug-likeness (QED) is 0.778. The van der Waals surface area contributed by atoms with E-state index in [0.29, 0.717) is 0 Å². The van der Waals surface area contributed by atoms with E-state index in [1.54, 1.807) is 0 Å². The van der Waals surface area contributed by atoms with E-state index in [2.05, 4.69) is 78.2 Å². The molecule has 0 bridgehead atoms. The van der Waals surface area contributed by atoms with Crippen molar-refractivity contribution in [2.24, 2.45) is 13.0 Å². The minimum atomic E-state index is 0.880. The van der Waals surface area contributed by atoms with Crippen LogP contribution in [0.15, 0.2) is 48.7 Å². The van der Waals surface area contributed by atoms with Crippen LogP contribution in [0.5, 0.6) is 0 Å². The first kappa shape index (κ1) is 14.8. The molecule has 0 atom stereocenters. The molecule has 1 saturated heterocycles. The Morgan fingerprint density at radius 3 is 2.41 bits per heavy atom. The maximum absolute atomic E-state index is 2.50. The molecule has 0 aliphatic carbocycles. The summed E-state index contributed by atoms with van der Waals surface area (Å²) in [5.41, 5.74) is 3.81. The second-order valence-electron chi connectivity index (χ2n) is 6.33. The van der Waals surface area contributed by atoms with Gasteiger partial charge in [-0.15, -0.1) is 0 Å². The number of aryl methyl sites for hydroxylation is 1. The van der Waals surface area contributed by atoms with Gasteiger partial charge in [0.25, 0.3) is 0 Å². The SMILES string of the molecule is CC1CCN(c2ccc(/C=C/c3cccc[n+]3C)cc2)CC1. The lowest BCUT2D eigenvalue weighted by molar-refractivity contribution is -0.673. The van der Waals surface area contributed by atoms with Crippen molar-refractivity contribution in [1.82, 2.24) is 0 Å². The molecule has 2 aromatic rings. The molecular weight excluding hydrogens is 268 g/mol. The fourth-order valence-corrected chi connectivity index (χ4v) is 2.95. The summed E-state index contributed by atoms with van der Waals surface area (Å²) in [4.78, 5) is 2.50. The van der Waals surface area contributed by atoms with E-state index in [1.807, 2.05) is 6.07 Å². The second-order valence-corrected chi connectivity index (χ2v) is 6.33. The van der Waals surface area contributed by atoms with E-state index in [0.717, 1.165) is 5.92 Å². The second kappa shape index (κ2) is 6.78. The Balaban J connectivity index is 1.68. The van der Waals surface area contributed by atoms with Gasteiger partial charge in [-0.3, -0.25) is 0 Å². The molecule has 2 heterocycles. The average Bonchev–Trinajstić information content (AvgIpc) is 2.55. The number of piperidine rings is 1. The van der Waals surface area contributed by atoms with E-state index in [4.69, 9.17) is 0 Å². The zero-order valence-corrected chi connectivity index (χ0v) is 13.6. The summed E-state index contributed by atoms with van der Waals surface area (Å²) in [6, 6.07) is 15.2. The van der Waals surface area contributed by atoms with Gasteiger partial charge in [0.15, 0.2) is 6.20 Å². The molecule has 1 aromatic heterocycles. The van der Waals surface area contributed by atoms with Crippen LogP contribution in [0, 0.1) is 5.92 Å². The van der Waals surface area contributed by atoms with Gasteiger partial charge >= 0.3 is 0 Å². The zero-order chi connectivity index (χ0) is 15.4. The fourth-order valence-electron chi connectivity index (χ4n) is 2.95. The van der Waals surface area contributed by atoms with Gasteiger partial charge in [0.2, 0.25) is 5.69 Å². The van der Waals surface area contributed by atoms with Crippen molar-refractivity contribution in [1.29, 1.82) is 0 Å². The van der Waals surface area contributed by atoms with Gasteiger partial charge in [0, 0.05) is 37.0 Å². The molecule has 1 aromatic carbocycles. The van der Waals surface area contributed by atoms with Gasteiger partial charge in [0.05, 0.1) is 0 Å². The lowest BCUT2D eigenvalue weighted by atomic mass is 9.98. The number of aromatic nitrogens is 1. The Labute approximate surface area is 133 Å². The third kappa shape index (κ3) is 3.56. The van der Waals surface area contributed by atoms with Gasteiger partial charge in [-0.25, -0.2) is 4.57 Å². The van der Waals surface area contributed by atoms with Crippen molar-refractivity contribution in [2.45, 2.75) is 19.8 Å². The Morgan fingerprint density at radius 2 is 1.73 bits per heavy atom. The monoisotopic (exact) mass is 293 g/mol. The predicted molar refractivity (Wildman–Crippen MR) is 93.6 cm³/mol. The Kier molecular flexibility index (Phi) is 4.57. The summed E-state index contributed by atoms with van der Waals surface area (Å²) in [7, 11) is 2.07. The Morgan fingerprint density at radius 1 is 1.00 bits per heavy atom. The van der Waals surface area contributed by atoms with Crippen LogP contribution in [-0.4, -0.2) is 13.1 Å². The highest BCUT2D eigenvalue weighted by molar-refractivity contribution is 5.68. The average molecular weight is 293 g/mol. The summed E-state index contributed by atoms with van der Waals surface area (Å²) in [5.74, 6) is 0.880. The van der Waals surface area contributed by atoms with Crippen molar-refractivity contribution in [2.75, 3.05) is 18.0 Å². The van der Waals surface area contributed by atoms with Crippen LogP contribution in [-0.2, 0) is 7.05 Å². The van der Waals surface area contributed by atoms with E-state index in [9.17, 15) is 0 Å². The van der Waals surface area contributed by atoms with Gasteiger partial charge in [0.1, 0.15) is 7.05 Å². The molecule has 0 amide bonds. The molecule has 0 radical (unpaired) electrons. The maximum atomic E-state index is 2.50. The summed E-state index contributed by atoms with van der Waals surface area (Å²) < 4.78 is 2.12. The molecule has 0 unspecified atom stereocenters. The van der Waals surface area contributed by atoms with E-state index in [1.165, 1.54) is 42.9 Å². The van der Waals surface area contributed by atoms with Gasteiger partial charge < -0.3 is 4.90 Å². The molecule has 22 heavy (non-hydrogen) atoms. The topological polar surface area (TPSA) is 7.12 Å². The molecule has 1 aliphatic rings. The van der Waals surface area contributed by atoms with Crippen LogP contribution in [0.1, 0.15) is 31.0 Å². The van der Waals surface area contributed by atoms with Crippen LogP contribution in [0.25, 0.3) is 12.2 Å². The first-order chi connectivity index (χ1) is 10.7. The van der Waals surface area contributed by atoms with Crippen molar-refractivity contribution in [3.8, 4) is 0 Å².